The van der Waals surface area contributed by atoms with Gasteiger partial charge < -0.3 is 4.42 Å². The van der Waals surface area contributed by atoms with E-state index in [0.717, 1.165) is 34.0 Å². The van der Waals surface area contributed by atoms with Gasteiger partial charge in [0.25, 0.3) is 0 Å². The summed E-state index contributed by atoms with van der Waals surface area (Å²) in [5, 5.41) is 5.91. The van der Waals surface area contributed by atoms with Gasteiger partial charge in [0.05, 0.1) is 18.2 Å². The number of carbonyl (C=O) groups excluding carboxylic acids is 1. The van der Waals surface area contributed by atoms with E-state index in [4.69, 9.17) is 4.42 Å². The number of furan rings is 1. The molecule has 1 atom stereocenters. The number of fused-ring (bicyclic) bond motifs is 3. The number of thioether (sulfide) groups is 1. The maximum absolute atomic E-state index is 12.0. The summed E-state index contributed by atoms with van der Waals surface area (Å²) in [6, 6.07) is 3.53. The Bertz CT molecular complexity index is 950. The van der Waals surface area contributed by atoms with Gasteiger partial charge in [-0.3, -0.25) is 4.79 Å². The van der Waals surface area contributed by atoms with Crippen LogP contribution in [0.2, 0.25) is 0 Å². The number of rotatable bonds is 5. The van der Waals surface area contributed by atoms with Crippen LogP contribution >= 0.6 is 23.1 Å². The summed E-state index contributed by atoms with van der Waals surface area (Å²) in [7, 11) is 0. The van der Waals surface area contributed by atoms with E-state index >= 15 is 0 Å². The molecule has 0 aromatic carbocycles. The second-order valence-electron chi connectivity index (χ2n) is 6.31. The zero-order chi connectivity index (χ0) is 17.9. The van der Waals surface area contributed by atoms with Crippen molar-refractivity contribution < 1.29 is 9.21 Å². The fourth-order valence-electron chi connectivity index (χ4n) is 3.05. The first-order chi connectivity index (χ1) is 12.7. The van der Waals surface area contributed by atoms with Crippen molar-refractivity contribution >= 4 is 45.4 Å². The first-order valence-electron chi connectivity index (χ1n) is 8.44. The van der Waals surface area contributed by atoms with E-state index in [9.17, 15) is 4.79 Å². The van der Waals surface area contributed by atoms with Crippen molar-refractivity contribution in [2.24, 2.45) is 11.0 Å². The quantitative estimate of drug-likeness (QED) is 0.313. The van der Waals surface area contributed by atoms with Crippen LogP contribution in [0.4, 0.5) is 0 Å². The number of hydrogen-bond acceptors (Lipinski definition) is 7. The Balaban J connectivity index is 1.45. The standard InChI is InChI=1S/C18H18N4O2S2/c1-11-4-5-13-14(7-11)26-18-16(13)17(19-10-20-18)25-9-15(23)22-21-8-12-3-2-6-24-12/h2-3,6,8,10-11H,4-5,7,9H2,1H3,(H,22,23)/b21-8-. The van der Waals surface area contributed by atoms with Crippen LogP contribution in [0.1, 0.15) is 29.5 Å². The third-order valence-corrected chi connectivity index (χ3v) is 6.47. The van der Waals surface area contributed by atoms with Crippen molar-refractivity contribution in [1.82, 2.24) is 15.4 Å². The zero-order valence-corrected chi connectivity index (χ0v) is 15.9. The van der Waals surface area contributed by atoms with Gasteiger partial charge in [-0.15, -0.1) is 11.3 Å². The summed E-state index contributed by atoms with van der Waals surface area (Å²) < 4.78 is 5.12. The number of nitrogens with one attached hydrogen (secondary N) is 1. The zero-order valence-electron chi connectivity index (χ0n) is 14.3. The number of aryl methyl sites for hydroxylation is 1. The highest BCUT2D eigenvalue weighted by molar-refractivity contribution is 8.00. The van der Waals surface area contributed by atoms with E-state index < -0.39 is 0 Å². The smallest absolute Gasteiger partial charge is 0.250 e. The van der Waals surface area contributed by atoms with Crippen molar-refractivity contribution in [3.05, 3.63) is 40.9 Å². The lowest BCUT2D eigenvalue weighted by molar-refractivity contribution is -0.118. The number of thiophene rings is 1. The minimum atomic E-state index is -0.178. The molecule has 1 aliphatic rings. The van der Waals surface area contributed by atoms with Crippen LogP contribution in [0.25, 0.3) is 10.2 Å². The molecule has 134 valence electrons. The molecule has 0 fully saturated rings. The number of amides is 1. The first kappa shape index (κ1) is 17.2. The fourth-order valence-corrected chi connectivity index (χ4v) is 5.29. The van der Waals surface area contributed by atoms with Crippen LogP contribution in [-0.4, -0.2) is 27.8 Å². The van der Waals surface area contributed by atoms with Gasteiger partial charge in [0.15, 0.2) is 0 Å². The third-order valence-electron chi connectivity index (χ3n) is 4.32. The molecule has 1 amide bonds. The molecule has 6 nitrogen and oxygen atoms in total. The molecule has 1 aliphatic carbocycles. The monoisotopic (exact) mass is 386 g/mol. The summed E-state index contributed by atoms with van der Waals surface area (Å²) in [5.74, 6) is 1.39. The van der Waals surface area contributed by atoms with E-state index in [0.29, 0.717) is 5.76 Å². The Labute approximate surface area is 159 Å². The normalized spacial score (nSPS) is 16.9. The predicted octanol–water partition coefficient (Wildman–Crippen LogP) is 3.65. The second kappa shape index (κ2) is 7.59. The molecule has 1 unspecified atom stereocenters. The number of aromatic nitrogens is 2. The lowest BCUT2D eigenvalue weighted by Crippen LogP contribution is -2.19. The summed E-state index contributed by atoms with van der Waals surface area (Å²) in [4.78, 5) is 23.3. The highest BCUT2D eigenvalue weighted by Crippen LogP contribution is 2.40. The maximum Gasteiger partial charge on any atom is 0.250 e. The lowest BCUT2D eigenvalue weighted by atomic mass is 9.89. The Morgan fingerprint density at radius 2 is 2.46 bits per heavy atom. The van der Waals surface area contributed by atoms with Crippen molar-refractivity contribution in [3.8, 4) is 0 Å². The summed E-state index contributed by atoms with van der Waals surface area (Å²) in [6.45, 7) is 2.29. The molecule has 26 heavy (non-hydrogen) atoms. The Kier molecular flexibility index (Phi) is 5.03. The number of hydrazone groups is 1. The summed E-state index contributed by atoms with van der Waals surface area (Å²) in [6.07, 6.45) is 7.99. The first-order valence-corrected chi connectivity index (χ1v) is 10.2. The molecule has 1 N–H and O–H groups in total. The number of carbonyl (C=O) groups is 1. The van der Waals surface area contributed by atoms with Crippen molar-refractivity contribution in [2.75, 3.05) is 5.75 Å². The Morgan fingerprint density at radius 3 is 3.31 bits per heavy atom. The molecule has 0 saturated heterocycles. The van der Waals surface area contributed by atoms with E-state index in [1.54, 1.807) is 36.1 Å². The summed E-state index contributed by atoms with van der Waals surface area (Å²) in [5.41, 5.74) is 3.89. The van der Waals surface area contributed by atoms with Gasteiger partial charge in [-0.25, -0.2) is 15.4 Å². The molecule has 0 aliphatic heterocycles. The van der Waals surface area contributed by atoms with Gasteiger partial charge in [-0.2, -0.15) is 5.10 Å². The Morgan fingerprint density at radius 1 is 1.54 bits per heavy atom. The van der Waals surface area contributed by atoms with E-state index in [2.05, 4.69) is 27.4 Å². The minimum absolute atomic E-state index is 0.178. The van der Waals surface area contributed by atoms with Gasteiger partial charge >= 0.3 is 0 Å². The van der Waals surface area contributed by atoms with E-state index in [-0.39, 0.29) is 11.7 Å². The Hall–Kier alpha value is -2.19. The third kappa shape index (κ3) is 3.66. The van der Waals surface area contributed by atoms with Crippen LogP contribution in [0.5, 0.6) is 0 Å². The van der Waals surface area contributed by atoms with Gasteiger partial charge in [0, 0.05) is 10.3 Å². The van der Waals surface area contributed by atoms with Crippen LogP contribution < -0.4 is 5.43 Å². The molecule has 8 heteroatoms. The van der Waals surface area contributed by atoms with Crippen molar-refractivity contribution in [3.63, 3.8) is 0 Å². The minimum Gasteiger partial charge on any atom is -0.463 e. The maximum atomic E-state index is 12.0. The van der Waals surface area contributed by atoms with Gasteiger partial charge in [-0.05, 0) is 42.9 Å². The predicted molar refractivity (Wildman–Crippen MR) is 104 cm³/mol. The van der Waals surface area contributed by atoms with Crippen LogP contribution in [0.15, 0.2) is 39.3 Å². The summed E-state index contributed by atoms with van der Waals surface area (Å²) >= 11 is 3.20. The number of hydrogen-bond donors (Lipinski definition) is 1. The van der Waals surface area contributed by atoms with E-state index in [1.807, 2.05) is 0 Å². The van der Waals surface area contributed by atoms with Crippen molar-refractivity contribution in [1.29, 1.82) is 0 Å². The van der Waals surface area contributed by atoms with E-state index in [1.165, 1.54) is 34.8 Å². The average Bonchev–Trinajstić information content (AvgIpc) is 3.26. The number of nitrogens with zero attached hydrogens (tertiary/aromatic N) is 3. The lowest BCUT2D eigenvalue weighted by Gasteiger charge is -2.18. The second-order valence-corrected chi connectivity index (χ2v) is 8.36. The van der Waals surface area contributed by atoms with Crippen LogP contribution in [0.3, 0.4) is 0 Å². The van der Waals surface area contributed by atoms with Gasteiger partial charge in [0.1, 0.15) is 21.9 Å². The molecular weight excluding hydrogens is 368 g/mol. The van der Waals surface area contributed by atoms with Crippen LogP contribution in [0, 0.1) is 5.92 Å². The van der Waals surface area contributed by atoms with Gasteiger partial charge in [-0.1, -0.05) is 18.7 Å². The molecule has 0 saturated carbocycles. The molecule has 0 bridgehead atoms. The molecule has 3 heterocycles. The fraction of sp³-hybridized carbons (Fsp3) is 0.333. The largest absolute Gasteiger partial charge is 0.463 e. The molecule has 0 spiro atoms. The highest BCUT2D eigenvalue weighted by Gasteiger charge is 2.23. The molecule has 3 aromatic heterocycles. The molecular formula is C18H18N4O2S2. The molecule has 3 aromatic rings. The topological polar surface area (TPSA) is 80.4 Å². The molecule has 0 radical (unpaired) electrons. The average molecular weight is 387 g/mol. The highest BCUT2D eigenvalue weighted by atomic mass is 32.2. The van der Waals surface area contributed by atoms with Gasteiger partial charge in [0.2, 0.25) is 5.91 Å². The van der Waals surface area contributed by atoms with Crippen LogP contribution in [-0.2, 0) is 17.6 Å². The van der Waals surface area contributed by atoms with Crippen molar-refractivity contribution in [2.45, 2.75) is 31.2 Å². The SMILES string of the molecule is CC1CCc2c(sc3ncnc(SCC(=O)N/N=C\c4ccco4)c23)C1. The molecule has 4 rings (SSSR count).